The van der Waals surface area contributed by atoms with Crippen molar-refractivity contribution in [3.63, 3.8) is 0 Å². The topological polar surface area (TPSA) is 123 Å². The number of hydrazine groups is 1. The molecule has 0 saturated carbocycles. The van der Waals surface area contributed by atoms with Gasteiger partial charge in [-0.2, -0.15) is 0 Å². The molecule has 0 aliphatic heterocycles. The second-order valence-corrected chi connectivity index (χ2v) is 9.00. The van der Waals surface area contributed by atoms with E-state index in [1.807, 2.05) is 18.2 Å². The average Bonchev–Trinajstić information content (AvgIpc) is 2.89. The Morgan fingerprint density at radius 3 is 2.31 bits per heavy atom. The minimum atomic E-state index is -3.84. The summed E-state index contributed by atoms with van der Waals surface area (Å²) in [6, 6.07) is 19.7. The molecule has 0 spiro atoms. The van der Waals surface area contributed by atoms with Crippen molar-refractivity contribution in [3.05, 3.63) is 95.6 Å². The molecule has 9 nitrogen and oxygen atoms in total. The number of carbonyl (C=O) groups is 2. The lowest BCUT2D eigenvalue weighted by molar-refractivity contribution is -0.117. The first kappa shape index (κ1) is 25.5. The van der Waals surface area contributed by atoms with E-state index in [-0.39, 0.29) is 17.0 Å². The summed E-state index contributed by atoms with van der Waals surface area (Å²) >= 11 is 0. The van der Waals surface area contributed by atoms with Crippen LogP contribution in [0.3, 0.4) is 0 Å². The van der Waals surface area contributed by atoms with Crippen LogP contribution in [0.5, 0.6) is 11.5 Å². The SMILES string of the molecule is COc1ccc(/C=C/C(=O)NNC(=O)c2cccc(S(=O)(=O)NCc3ccccc3)c2)cc1OC. The first-order chi connectivity index (χ1) is 16.8. The second-order valence-electron chi connectivity index (χ2n) is 7.23. The summed E-state index contributed by atoms with van der Waals surface area (Å²) in [6.07, 6.45) is 2.77. The molecule has 182 valence electrons. The van der Waals surface area contributed by atoms with E-state index in [1.165, 1.54) is 50.6 Å². The summed E-state index contributed by atoms with van der Waals surface area (Å²) in [7, 11) is -0.813. The summed E-state index contributed by atoms with van der Waals surface area (Å²) in [6.45, 7) is 0.113. The van der Waals surface area contributed by atoms with Crippen molar-refractivity contribution in [3.8, 4) is 11.5 Å². The number of carbonyl (C=O) groups excluding carboxylic acids is 2. The first-order valence-corrected chi connectivity index (χ1v) is 11.9. The molecule has 0 atom stereocenters. The van der Waals surface area contributed by atoms with Crippen molar-refractivity contribution in [1.82, 2.24) is 15.6 Å². The number of hydrogen-bond donors (Lipinski definition) is 3. The molecule has 0 saturated heterocycles. The van der Waals surface area contributed by atoms with Crippen LogP contribution in [0.25, 0.3) is 6.08 Å². The largest absolute Gasteiger partial charge is 0.493 e. The zero-order valence-corrected chi connectivity index (χ0v) is 20.0. The summed E-state index contributed by atoms with van der Waals surface area (Å²) in [5.41, 5.74) is 6.08. The predicted molar refractivity (Wildman–Crippen MR) is 131 cm³/mol. The fraction of sp³-hybridized carbons (Fsp3) is 0.120. The lowest BCUT2D eigenvalue weighted by atomic mass is 10.2. The van der Waals surface area contributed by atoms with E-state index in [2.05, 4.69) is 15.6 Å². The van der Waals surface area contributed by atoms with Gasteiger partial charge < -0.3 is 9.47 Å². The molecule has 2 amide bonds. The summed E-state index contributed by atoms with van der Waals surface area (Å²) in [4.78, 5) is 24.5. The Hall–Kier alpha value is -4.15. The maximum atomic E-state index is 12.6. The highest BCUT2D eigenvalue weighted by molar-refractivity contribution is 7.89. The van der Waals surface area contributed by atoms with Crippen molar-refractivity contribution < 1.29 is 27.5 Å². The maximum Gasteiger partial charge on any atom is 0.269 e. The summed E-state index contributed by atoms with van der Waals surface area (Å²) in [5, 5.41) is 0. The third-order valence-electron chi connectivity index (χ3n) is 4.85. The van der Waals surface area contributed by atoms with Crippen LogP contribution in [0, 0.1) is 0 Å². The van der Waals surface area contributed by atoms with Gasteiger partial charge in [-0.05, 0) is 47.5 Å². The first-order valence-electron chi connectivity index (χ1n) is 10.5. The van der Waals surface area contributed by atoms with Crippen LogP contribution >= 0.6 is 0 Å². The highest BCUT2D eigenvalue weighted by atomic mass is 32.2. The molecule has 3 aromatic carbocycles. The zero-order chi connectivity index (χ0) is 25.3. The van der Waals surface area contributed by atoms with Crippen LogP contribution < -0.4 is 25.0 Å². The standard InChI is InChI=1S/C25H25N3O6S/c1-33-22-13-11-18(15-23(22)34-2)12-14-24(29)27-28-25(30)20-9-6-10-21(16-20)35(31,32)26-17-19-7-4-3-5-8-19/h3-16,26H,17H2,1-2H3,(H,27,29)(H,28,30)/b14-12+. The lowest BCUT2D eigenvalue weighted by Crippen LogP contribution is -2.40. The Morgan fingerprint density at radius 1 is 0.857 bits per heavy atom. The normalized spacial score (nSPS) is 11.1. The molecular weight excluding hydrogens is 470 g/mol. The summed E-state index contributed by atoms with van der Waals surface area (Å²) in [5.74, 6) is -0.184. The third-order valence-corrected chi connectivity index (χ3v) is 6.25. The van der Waals surface area contributed by atoms with Gasteiger partial charge in [0.25, 0.3) is 11.8 Å². The van der Waals surface area contributed by atoms with E-state index in [4.69, 9.17) is 9.47 Å². The van der Waals surface area contributed by atoms with Crippen molar-refractivity contribution in [2.24, 2.45) is 0 Å². The molecule has 0 aliphatic rings. The smallest absolute Gasteiger partial charge is 0.269 e. The molecule has 0 aliphatic carbocycles. The van der Waals surface area contributed by atoms with Gasteiger partial charge in [0.05, 0.1) is 19.1 Å². The van der Waals surface area contributed by atoms with Gasteiger partial charge >= 0.3 is 0 Å². The molecule has 3 aromatic rings. The highest BCUT2D eigenvalue weighted by Gasteiger charge is 2.16. The number of sulfonamides is 1. The molecule has 0 radical (unpaired) electrons. The van der Waals surface area contributed by atoms with Gasteiger partial charge in [0.15, 0.2) is 11.5 Å². The van der Waals surface area contributed by atoms with Crippen molar-refractivity contribution in [2.75, 3.05) is 14.2 Å². The molecule has 0 heterocycles. The number of amides is 2. The van der Waals surface area contributed by atoms with Gasteiger partial charge in [-0.1, -0.05) is 42.5 Å². The molecule has 3 N–H and O–H groups in total. The molecule has 0 fully saturated rings. The van der Waals surface area contributed by atoms with Crippen LogP contribution in [0.1, 0.15) is 21.5 Å². The Bertz CT molecular complexity index is 1320. The second kappa shape index (κ2) is 11.8. The van der Waals surface area contributed by atoms with Gasteiger partial charge in [-0.25, -0.2) is 13.1 Å². The molecule has 3 rings (SSSR count). The minimum absolute atomic E-state index is 0.0664. The number of ether oxygens (including phenoxy) is 2. The minimum Gasteiger partial charge on any atom is -0.493 e. The molecular formula is C25H25N3O6S. The van der Waals surface area contributed by atoms with Crippen molar-refractivity contribution in [2.45, 2.75) is 11.4 Å². The quantitative estimate of drug-likeness (QED) is 0.310. The van der Waals surface area contributed by atoms with E-state index in [0.29, 0.717) is 17.1 Å². The Labute approximate surface area is 203 Å². The van der Waals surface area contributed by atoms with Crippen LogP contribution in [-0.2, 0) is 21.4 Å². The molecule has 10 heteroatoms. The average molecular weight is 496 g/mol. The highest BCUT2D eigenvalue weighted by Crippen LogP contribution is 2.27. The van der Waals surface area contributed by atoms with E-state index >= 15 is 0 Å². The van der Waals surface area contributed by atoms with Crippen LogP contribution in [0.15, 0.2) is 83.8 Å². The Balaban J connectivity index is 1.58. The molecule has 0 unspecified atom stereocenters. The monoisotopic (exact) mass is 495 g/mol. The van der Waals surface area contributed by atoms with Gasteiger partial charge in [-0.3, -0.25) is 20.4 Å². The zero-order valence-electron chi connectivity index (χ0n) is 19.1. The van der Waals surface area contributed by atoms with E-state index < -0.39 is 21.8 Å². The molecule has 35 heavy (non-hydrogen) atoms. The fourth-order valence-electron chi connectivity index (χ4n) is 3.02. The van der Waals surface area contributed by atoms with Crippen LogP contribution in [0.4, 0.5) is 0 Å². The van der Waals surface area contributed by atoms with Crippen molar-refractivity contribution >= 4 is 27.9 Å². The molecule has 0 aromatic heterocycles. The third kappa shape index (κ3) is 7.16. The molecule has 0 bridgehead atoms. The van der Waals surface area contributed by atoms with E-state index in [1.54, 1.807) is 30.3 Å². The number of benzene rings is 3. The lowest BCUT2D eigenvalue weighted by Gasteiger charge is -2.09. The van der Waals surface area contributed by atoms with Gasteiger partial charge in [0.2, 0.25) is 10.0 Å². The van der Waals surface area contributed by atoms with Gasteiger partial charge in [-0.15, -0.1) is 0 Å². The number of rotatable bonds is 9. The summed E-state index contributed by atoms with van der Waals surface area (Å²) < 4.78 is 38.1. The van der Waals surface area contributed by atoms with E-state index in [9.17, 15) is 18.0 Å². The Kier molecular flexibility index (Phi) is 8.60. The van der Waals surface area contributed by atoms with Crippen molar-refractivity contribution in [1.29, 1.82) is 0 Å². The predicted octanol–water partition coefficient (Wildman–Crippen LogP) is 2.66. The maximum absolute atomic E-state index is 12.6. The van der Waals surface area contributed by atoms with Gasteiger partial charge in [0.1, 0.15) is 0 Å². The van der Waals surface area contributed by atoms with Crippen LogP contribution in [-0.4, -0.2) is 34.5 Å². The fourth-order valence-corrected chi connectivity index (χ4v) is 4.09. The van der Waals surface area contributed by atoms with Gasteiger partial charge in [0, 0.05) is 18.2 Å². The number of methoxy groups -OCH3 is 2. The number of hydrogen-bond acceptors (Lipinski definition) is 6. The van der Waals surface area contributed by atoms with E-state index in [0.717, 1.165) is 5.56 Å². The Morgan fingerprint density at radius 2 is 1.60 bits per heavy atom. The number of nitrogens with one attached hydrogen (secondary N) is 3. The van der Waals surface area contributed by atoms with Crippen LogP contribution in [0.2, 0.25) is 0 Å².